The third-order valence-corrected chi connectivity index (χ3v) is 1.42. The van der Waals surface area contributed by atoms with Crippen LogP contribution in [0.1, 0.15) is 5.56 Å². The molecule has 14 heavy (non-hydrogen) atoms. The molecule has 1 aromatic rings. The molecular formula is C8H5F4O2. The molecule has 77 valence electrons. The Morgan fingerprint density at radius 3 is 2.43 bits per heavy atom. The fraction of sp³-hybridized carbons (Fsp3) is 0.250. The number of rotatable bonds is 2. The van der Waals surface area contributed by atoms with Crippen molar-refractivity contribution in [2.45, 2.75) is 13.0 Å². The lowest BCUT2D eigenvalue weighted by Crippen LogP contribution is -2.18. The van der Waals surface area contributed by atoms with Crippen molar-refractivity contribution < 1.29 is 27.4 Å². The maximum Gasteiger partial charge on any atom is 0.573 e. The zero-order chi connectivity index (χ0) is 10.8. The summed E-state index contributed by atoms with van der Waals surface area (Å²) in [7, 11) is 0. The number of hydrogen-bond acceptors (Lipinski definition) is 1. The molecule has 0 unspecified atom stereocenters. The second-order valence-electron chi connectivity index (χ2n) is 2.42. The molecule has 1 aromatic carbocycles. The minimum absolute atomic E-state index is 0.355. The summed E-state index contributed by atoms with van der Waals surface area (Å²) in [6, 6.07) is 3.03. The van der Waals surface area contributed by atoms with E-state index in [-0.39, 0.29) is 5.56 Å². The van der Waals surface area contributed by atoms with Crippen molar-refractivity contribution in [2.75, 3.05) is 0 Å². The molecular weight excluding hydrogens is 204 g/mol. The monoisotopic (exact) mass is 209 g/mol. The van der Waals surface area contributed by atoms with E-state index in [1.165, 1.54) is 0 Å². The van der Waals surface area contributed by atoms with Crippen LogP contribution in [0, 0.1) is 5.82 Å². The van der Waals surface area contributed by atoms with Gasteiger partial charge in [-0.25, -0.2) is 9.50 Å². The van der Waals surface area contributed by atoms with Crippen molar-refractivity contribution in [3.63, 3.8) is 0 Å². The summed E-state index contributed by atoms with van der Waals surface area (Å²) in [5.41, 5.74) is -0.355. The fourth-order valence-corrected chi connectivity index (χ4v) is 0.871. The van der Waals surface area contributed by atoms with E-state index in [4.69, 9.17) is 0 Å². The predicted octanol–water partition coefficient (Wildman–Crippen LogP) is 2.65. The molecule has 0 fully saturated rings. The number of alkyl halides is 3. The van der Waals surface area contributed by atoms with Crippen LogP contribution in [0.4, 0.5) is 17.6 Å². The van der Waals surface area contributed by atoms with Crippen LogP contribution in [0.15, 0.2) is 18.2 Å². The topological polar surface area (TPSA) is 29.1 Å². The van der Waals surface area contributed by atoms with E-state index in [2.05, 4.69) is 4.74 Å². The van der Waals surface area contributed by atoms with Gasteiger partial charge in [-0.15, -0.1) is 13.2 Å². The van der Waals surface area contributed by atoms with E-state index < -0.39 is 24.5 Å². The highest BCUT2D eigenvalue weighted by atomic mass is 19.4. The van der Waals surface area contributed by atoms with Gasteiger partial charge in [-0.3, -0.25) is 0 Å². The van der Waals surface area contributed by atoms with E-state index in [0.717, 1.165) is 18.2 Å². The van der Waals surface area contributed by atoms with Gasteiger partial charge in [0.25, 0.3) is 0 Å². The van der Waals surface area contributed by atoms with Gasteiger partial charge < -0.3 is 4.74 Å². The maximum atomic E-state index is 13.0. The minimum Gasteiger partial charge on any atom is -0.403 e. The first-order valence-corrected chi connectivity index (χ1v) is 3.55. The van der Waals surface area contributed by atoms with Gasteiger partial charge in [-0.2, -0.15) is 0 Å². The Morgan fingerprint density at radius 2 is 1.93 bits per heavy atom. The number of ether oxygens (including phenoxy) is 1. The SMILES string of the molecule is [O]Cc1cccc(OC(F)(F)F)c1F. The number of hydrogen-bond donors (Lipinski definition) is 0. The van der Waals surface area contributed by atoms with Gasteiger partial charge in [-0.05, 0) is 6.07 Å². The molecule has 0 aliphatic carbocycles. The van der Waals surface area contributed by atoms with E-state index in [1.807, 2.05) is 0 Å². The van der Waals surface area contributed by atoms with Gasteiger partial charge >= 0.3 is 6.36 Å². The standard InChI is InChI=1S/C8H5F4O2/c9-7-5(4-13)2-1-3-6(7)14-8(10,11)12/h1-3H,4H2. The summed E-state index contributed by atoms with van der Waals surface area (Å²) in [6.45, 7) is -0.930. The molecule has 0 aliphatic rings. The Hall–Kier alpha value is -1.30. The van der Waals surface area contributed by atoms with Gasteiger partial charge in [0.1, 0.15) is 6.61 Å². The molecule has 2 nitrogen and oxygen atoms in total. The van der Waals surface area contributed by atoms with Crippen molar-refractivity contribution >= 4 is 0 Å². The van der Waals surface area contributed by atoms with Crippen LogP contribution in [-0.2, 0) is 11.7 Å². The molecule has 1 radical (unpaired) electrons. The van der Waals surface area contributed by atoms with E-state index in [1.54, 1.807) is 0 Å². The summed E-state index contributed by atoms with van der Waals surface area (Å²) in [5.74, 6) is -2.24. The van der Waals surface area contributed by atoms with Crippen molar-refractivity contribution in [3.05, 3.63) is 29.6 Å². The molecule has 0 saturated heterocycles. The van der Waals surface area contributed by atoms with Crippen LogP contribution in [0.3, 0.4) is 0 Å². The summed E-state index contributed by atoms with van der Waals surface area (Å²) in [6.07, 6.45) is -4.96. The summed E-state index contributed by atoms with van der Waals surface area (Å²) >= 11 is 0. The molecule has 0 saturated carbocycles. The van der Waals surface area contributed by atoms with Crippen LogP contribution in [0.25, 0.3) is 0 Å². The first kappa shape index (κ1) is 10.8. The third-order valence-electron chi connectivity index (χ3n) is 1.42. The smallest absolute Gasteiger partial charge is 0.403 e. The lowest BCUT2D eigenvalue weighted by Gasteiger charge is -2.10. The van der Waals surface area contributed by atoms with Crippen LogP contribution >= 0.6 is 0 Å². The molecule has 0 heterocycles. The molecule has 1 rings (SSSR count). The Labute approximate surface area is 76.7 Å². The average molecular weight is 209 g/mol. The normalized spacial score (nSPS) is 11.5. The Morgan fingerprint density at radius 1 is 1.29 bits per heavy atom. The third kappa shape index (κ3) is 2.59. The molecule has 0 bridgehead atoms. The summed E-state index contributed by atoms with van der Waals surface area (Å²) in [4.78, 5) is 0. The molecule has 0 N–H and O–H groups in total. The summed E-state index contributed by atoms with van der Waals surface area (Å²) < 4.78 is 51.4. The van der Waals surface area contributed by atoms with Crippen molar-refractivity contribution in [1.29, 1.82) is 0 Å². The van der Waals surface area contributed by atoms with Crippen molar-refractivity contribution in [1.82, 2.24) is 0 Å². The largest absolute Gasteiger partial charge is 0.573 e. The fourth-order valence-electron chi connectivity index (χ4n) is 0.871. The van der Waals surface area contributed by atoms with Crippen LogP contribution < -0.4 is 4.74 Å². The van der Waals surface area contributed by atoms with E-state index in [0.29, 0.717) is 0 Å². The van der Waals surface area contributed by atoms with Gasteiger partial charge in [0.15, 0.2) is 11.6 Å². The highest BCUT2D eigenvalue weighted by molar-refractivity contribution is 5.30. The first-order chi connectivity index (χ1) is 6.44. The highest BCUT2D eigenvalue weighted by Gasteiger charge is 2.32. The zero-order valence-electron chi connectivity index (χ0n) is 6.77. The van der Waals surface area contributed by atoms with E-state index >= 15 is 0 Å². The van der Waals surface area contributed by atoms with Crippen molar-refractivity contribution in [3.8, 4) is 5.75 Å². The average Bonchev–Trinajstić information content (AvgIpc) is 2.06. The lowest BCUT2D eigenvalue weighted by atomic mass is 10.2. The zero-order valence-corrected chi connectivity index (χ0v) is 6.77. The molecule has 0 spiro atoms. The second-order valence-corrected chi connectivity index (χ2v) is 2.42. The number of halogens is 4. The predicted molar refractivity (Wildman–Crippen MR) is 37.5 cm³/mol. The van der Waals surface area contributed by atoms with Gasteiger partial charge in [0.2, 0.25) is 0 Å². The van der Waals surface area contributed by atoms with E-state index in [9.17, 15) is 22.7 Å². The highest BCUT2D eigenvalue weighted by Crippen LogP contribution is 2.27. The first-order valence-electron chi connectivity index (χ1n) is 3.55. The number of benzene rings is 1. The van der Waals surface area contributed by atoms with Crippen molar-refractivity contribution in [2.24, 2.45) is 0 Å². The molecule has 0 amide bonds. The Balaban J connectivity index is 2.98. The van der Waals surface area contributed by atoms with Gasteiger partial charge in [-0.1, -0.05) is 12.1 Å². The van der Waals surface area contributed by atoms with Crippen LogP contribution in [-0.4, -0.2) is 6.36 Å². The Kier molecular flexibility index (Phi) is 2.95. The molecule has 0 aromatic heterocycles. The van der Waals surface area contributed by atoms with Gasteiger partial charge in [0, 0.05) is 5.56 Å². The van der Waals surface area contributed by atoms with Crippen LogP contribution in [0.5, 0.6) is 5.75 Å². The quantitative estimate of drug-likeness (QED) is 0.688. The maximum absolute atomic E-state index is 13.0. The molecule has 0 atom stereocenters. The lowest BCUT2D eigenvalue weighted by molar-refractivity contribution is -0.275. The Bertz CT molecular complexity index is 322. The van der Waals surface area contributed by atoms with Gasteiger partial charge in [0.05, 0.1) is 0 Å². The second kappa shape index (κ2) is 3.83. The molecule has 6 heteroatoms. The summed E-state index contributed by atoms with van der Waals surface area (Å²) in [5, 5.41) is 10.3. The minimum atomic E-state index is -4.96. The molecule has 0 aliphatic heterocycles. The van der Waals surface area contributed by atoms with Crippen LogP contribution in [0.2, 0.25) is 0 Å².